The molecule has 2 rings (SSSR count). The molecule has 0 saturated carbocycles. The fourth-order valence-corrected chi connectivity index (χ4v) is 3.17. The monoisotopic (exact) mass is 374 g/mol. The molecule has 2 heterocycles. The number of carbonyl (C=O) groups is 1. The highest BCUT2D eigenvalue weighted by Crippen LogP contribution is 2.34. The van der Waals surface area contributed by atoms with E-state index in [1.807, 2.05) is 13.8 Å². The second-order valence-corrected chi connectivity index (χ2v) is 7.09. The number of hydrogen-bond acceptors (Lipinski definition) is 9. The van der Waals surface area contributed by atoms with E-state index < -0.39 is 62.6 Å². The van der Waals surface area contributed by atoms with E-state index in [9.17, 15) is 25.2 Å². The summed E-state index contributed by atoms with van der Waals surface area (Å²) in [7, 11) is -0.946. The number of primary amides is 1. The maximum absolute atomic E-state index is 11.3. The zero-order valence-electron chi connectivity index (χ0n) is 14.9. The molecule has 2 aliphatic rings. The van der Waals surface area contributed by atoms with Crippen LogP contribution in [0.25, 0.3) is 0 Å². The fraction of sp³-hybridized carbons (Fsp3) is 0.867. The van der Waals surface area contributed by atoms with E-state index in [4.69, 9.17) is 19.9 Å². The van der Waals surface area contributed by atoms with Gasteiger partial charge in [0.25, 0.3) is 5.91 Å². The molecule has 0 aromatic carbocycles. The van der Waals surface area contributed by atoms with Crippen molar-refractivity contribution in [2.45, 2.75) is 63.0 Å². The summed E-state index contributed by atoms with van der Waals surface area (Å²) in [6, 6.07) is 0. The van der Waals surface area contributed by atoms with Gasteiger partial charge in [-0.15, -0.1) is 0 Å². The first-order valence-corrected chi connectivity index (χ1v) is 8.69. The molecule has 1 saturated heterocycles. The zero-order valence-corrected chi connectivity index (χ0v) is 14.9. The standard InChI is InChI=1S/C15H27BN2O8/c1-7(2)3-8(9-4-11(15(17)23)26-18-9)16-24-12(6-20)13(22)14(25-16)10(21)5-19/h7-8,10-14,19-22H,3-6H2,1-2H3,(H2,17,23)/t8-,10-,11?,12-,13-,14-/m1/s1. The van der Waals surface area contributed by atoms with Gasteiger partial charge in [0.15, 0.2) is 0 Å². The molecule has 0 spiro atoms. The summed E-state index contributed by atoms with van der Waals surface area (Å²) in [5, 5.41) is 42.8. The van der Waals surface area contributed by atoms with Gasteiger partial charge in [0, 0.05) is 12.2 Å². The number of hydrogen-bond donors (Lipinski definition) is 5. The van der Waals surface area contributed by atoms with Gasteiger partial charge in [0.05, 0.1) is 31.1 Å². The molecular formula is C15H27BN2O8. The van der Waals surface area contributed by atoms with Gasteiger partial charge in [-0.05, 0) is 12.3 Å². The Balaban J connectivity index is 2.22. The number of aliphatic hydroxyl groups is 4. The molecule has 2 aliphatic heterocycles. The van der Waals surface area contributed by atoms with E-state index in [1.165, 1.54) is 0 Å². The molecule has 1 fully saturated rings. The summed E-state index contributed by atoms with van der Waals surface area (Å²) in [5.41, 5.74) is 5.78. The Hall–Kier alpha value is -1.24. The Morgan fingerprint density at radius 2 is 2.08 bits per heavy atom. The summed E-state index contributed by atoms with van der Waals surface area (Å²) < 4.78 is 11.4. The maximum atomic E-state index is 11.3. The lowest BCUT2D eigenvalue weighted by molar-refractivity contribution is -0.150. The predicted octanol–water partition coefficient (Wildman–Crippen LogP) is -1.99. The Morgan fingerprint density at radius 3 is 2.58 bits per heavy atom. The van der Waals surface area contributed by atoms with Crippen molar-refractivity contribution in [3.8, 4) is 0 Å². The predicted molar refractivity (Wildman–Crippen MR) is 91.0 cm³/mol. The first kappa shape index (κ1) is 21.1. The Bertz CT molecular complexity index is 520. The van der Waals surface area contributed by atoms with Crippen molar-refractivity contribution in [1.82, 2.24) is 0 Å². The highest BCUT2D eigenvalue weighted by Gasteiger charge is 2.49. The van der Waals surface area contributed by atoms with Crippen LogP contribution in [0.3, 0.4) is 0 Å². The highest BCUT2D eigenvalue weighted by molar-refractivity contribution is 6.53. The highest BCUT2D eigenvalue weighted by atomic mass is 16.7. The molecule has 10 nitrogen and oxygen atoms in total. The second kappa shape index (κ2) is 9.11. The van der Waals surface area contributed by atoms with E-state index in [-0.39, 0.29) is 12.3 Å². The summed E-state index contributed by atoms with van der Waals surface area (Å²) in [6.07, 6.45) is -4.89. The van der Waals surface area contributed by atoms with Crippen molar-refractivity contribution >= 4 is 18.7 Å². The van der Waals surface area contributed by atoms with Gasteiger partial charge in [0.2, 0.25) is 6.10 Å². The van der Waals surface area contributed by atoms with Crippen molar-refractivity contribution < 1.29 is 39.4 Å². The minimum absolute atomic E-state index is 0.190. The number of nitrogens with zero attached hydrogens (tertiary/aromatic N) is 1. The van der Waals surface area contributed by atoms with E-state index in [0.717, 1.165) is 0 Å². The minimum Gasteiger partial charge on any atom is -0.403 e. The normalized spacial score (nSPS) is 31.5. The third-order valence-corrected chi connectivity index (χ3v) is 4.55. The Morgan fingerprint density at radius 1 is 1.38 bits per heavy atom. The number of aliphatic hydroxyl groups excluding tert-OH is 4. The van der Waals surface area contributed by atoms with Crippen molar-refractivity contribution in [2.75, 3.05) is 13.2 Å². The van der Waals surface area contributed by atoms with Crippen LogP contribution >= 0.6 is 0 Å². The van der Waals surface area contributed by atoms with Gasteiger partial charge in [-0.2, -0.15) is 0 Å². The van der Waals surface area contributed by atoms with Gasteiger partial charge < -0.3 is 40.3 Å². The SMILES string of the molecule is CC(C)C[C@@H](B1O[C@H]([C@H](O)CO)[C@H](O)[C@@H](CO)O1)C1=NOC(C(N)=O)C1. The van der Waals surface area contributed by atoms with Gasteiger partial charge in [-0.25, -0.2) is 0 Å². The van der Waals surface area contributed by atoms with Crippen LogP contribution < -0.4 is 5.73 Å². The van der Waals surface area contributed by atoms with Crippen LogP contribution in [0.5, 0.6) is 0 Å². The minimum atomic E-state index is -1.34. The zero-order chi connectivity index (χ0) is 19.4. The molecule has 6 atom stereocenters. The van der Waals surface area contributed by atoms with Crippen LogP contribution in [0.4, 0.5) is 0 Å². The third-order valence-electron chi connectivity index (χ3n) is 4.55. The lowest BCUT2D eigenvalue weighted by Crippen LogP contribution is -2.59. The largest absolute Gasteiger partial charge is 0.467 e. The third kappa shape index (κ3) is 4.73. The summed E-state index contributed by atoms with van der Waals surface area (Å²) in [6.45, 7) is 2.86. The van der Waals surface area contributed by atoms with E-state index >= 15 is 0 Å². The van der Waals surface area contributed by atoms with Gasteiger partial charge in [-0.1, -0.05) is 19.0 Å². The average Bonchev–Trinajstić information content (AvgIpc) is 3.09. The number of carbonyl (C=O) groups excluding carboxylic acids is 1. The molecule has 11 heteroatoms. The van der Waals surface area contributed by atoms with E-state index in [0.29, 0.717) is 12.1 Å². The van der Waals surface area contributed by atoms with Crippen LogP contribution in [0.2, 0.25) is 5.82 Å². The van der Waals surface area contributed by atoms with Crippen LogP contribution in [0, 0.1) is 5.92 Å². The number of nitrogens with two attached hydrogens (primary N) is 1. The topological polar surface area (TPSA) is 164 Å². The molecule has 0 aliphatic carbocycles. The fourth-order valence-electron chi connectivity index (χ4n) is 3.17. The molecule has 0 bridgehead atoms. The lowest BCUT2D eigenvalue weighted by Gasteiger charge is -2.41. The Labute approximate surface area is 152 Å². The van der Waals surface area contributed by atoms with Gasteiger partial charge >= 0.3 is 7.12 Å². The molecular weight excluding hydrogens is 347 g/mol. The first-order valence-electron chi connectivity index (χ1n) is 8.69. The molecule has 6 N–H and O–H groups in total. The van der Waals surface area contributed by atoms with Crippen molar-refractivity contribution in [2.24, 2.45) is 16.8 Å². The Kier molecular flexibility index (Phi) is 7.38. The molecule has 26 heavy (non-hydrogen) atoms. The molecule has 148 valence electrons. The average molecular weight is 374 g/mol. The molecule has 0 radical (unpaired) electrons. The smallest absolute Gasteiger partial charge is 0.403 e. The number of rotatable bonds is 8. The van der Waals surface area contributed by atoms with Crippen LogP contribution in [-0.2, 0) is 18.9 Å². The number of oxime groups is 1. The van der Waals surface area contributed by atoms with Gasteiger partial charge in [-0.3, -0.25) is 4.79 Å². The maximum Gasteiger partial charge on any atom is 0.467 e. The molecule has 1 amide bonds. The molecule has 1 unspecified atom stereocenters. The molecule has 0 aromatic rings. The second-order valence-electron chi connectivity index (χ2n) is 7.09. The number of amides is 1. The molecule has 0 aromatic heterocycles. The first-order chi connectivity index (χ1) is 12.3. The summed E-state index contributed by atoms with van der Waals surface area (Å²) in [4.78, 5) is 16.4. The van der Waals surface area contributed by atoms with E-state index in [1.54, 1.807) is 0 Å². The quantitative estimate of drug-likeness (QED) is 0.305. The van der Waals surface area contributed by atoms with E-state index in [2.05, 4.69) is 5.16 Å². The van der Waals surface area contributed by atoms with Crippen molar-refractivity contribution in [1.29, 1.82) is 0 Å². The van der Waals surface area contributed by atoms with Crippen LogP contribution in [0.15, 0.2) is 5.16 Å². The lowest BCUT2D eigenvalue weighted by atomic mass is 9.63. The van der Waals surface area contributed by atoms with Gasteiger partial charge in [0.1, 0.15) is 12.2 Å². The van der Waals surface area contributed by atoms with Crippen LogP contribution in [-0.4, -0.2) is 82.9 Å². The summed E-state index contributed by atoms with van der Waals surface area (Å²) in [5.74, 6) is -0.854. The van der Waals surface area contributed by atoms with Crippen molar-refractivity contribution in [3.05, 3.63) is 0 Å². The van der Waals surface area contributed by atoms with Crippen molar-refractivity contribution in [3.63, 3.8) is 0 Å². The van der Waals surface area contributed by atoms with Crippen LogP contribution in [0.1, 0.15) is 26.7 Å². The summed E-state index contributed by atoms with van der Waals surface area (Å²) >= 11 is 0.